The summed E-state index contributed by atoms with van der Waals surface area (Å²) in [5.41, 5.74) is 10.3. The minimum Gasteiger partial charge on any atom is -0.253 e. The molecule has 0 aliphatic heterocycles. The Hall–Kier alpha value is -3.19. The number of pyridine rings is 1. The standard InChI is InChI=1S/C28H27N/c1-21-26(19-18-23-12-6-3-7-13-23)22(2)29-28(25-16-10-5-11-17-25)27(21)20-24-14-8-4-9-15-24/h3-17H,18-20H2,1-2H3. The molecule has 0 atom stereocenters. The SMILES string of the molecule is Cc1nc(-c2ccccc2)c(Cc2ccccc2)c(C)c1CCc1ccccc1. The molecular weight excluding hydrogens is 350 g/mol. The Morgan fingerprint density at radius 1 is 0.586 bits per heavy atom. The molecule has 0 fully saturated rings. The zero-order valence-corrected chi connectivity index (χ0v) is 17.2. The highest BCUT2D eigenvalue weighted by atomic mass is 14.7. The lowest BCUT2D eigenvalue weighted by Gasteiger charge is -2.19. The highest BCUT2D eigenvalue weighted by Gasteiger charge is 2.16. The molecule has 1 aromatic heterocycles. The van der Waals surface area contributed by atoms with Gasteiger partial charge in [-0.2, -0.15) is 0 Å². The monoisotopic (exact) mass is 377 g/mol. The molecular formula is C28H27N. The van der Waals surface area contributed by atoms with Gasteiger partial charge in [-0.3, -0.25) is 4.98 Å². The quantitative estimate of drug-likeness (QED) is 0.362. The maximum Gasteiger partial charge on any atom is 0.0743 e. The number of hydrogen-bond acceptors (Lipinski definition) is 1. The summed E-state index contributed by atoms with van der Waals surface area (Å²) >= 11 is 0. The molecule has 29 heavy (non-hydrogen) atoms. The number of hydrogen-bond donors (Lipinski definition) is 0. The summed E-state index contributed by atoms with van der Waals surface area (Å²) in [6.07, 6.45) is 2.97. The van der Waals surface area contributed by atoms with E-state index in [1.54, 1.807) is 0 Å². The van der Waals surface area contributed by atoms with Crippen LogP contribution in [0.25, 0.3) is 11.3 Å². The lowest BCUT2D eigenvalue weighted by molar-refractivity contribution is 0.907. The molecule has 0 radical (unpaired) electrons. The van der Waals surface area contributed by atoms with E-state index in [1.165, 1.54) is 33.4 Å². The Labute approximate surface area is 174 Å². The van der Waals surface area contributed by atoms with Crippen LogP contribution in [0.15, 0.2) is 91.0 Å². The third-order valence-corrected chi connectivity index (χ3v) is 5.68. The van der Waals surface area contributed by atoms with Crippen LogP contribution >= 0.6 is 0 Å². The molecule has 1 heterocycles. The molecule has 4 rings (SSSR count). The Bertz CT molecular complexity index is 1070. The number of aromatic nitrogens is 1. The first kappa shape index (κ1) is 19.1. The molecule has 0 spiro atoms. The third-order valence-electron chi connectivity index (χ3n) is 5.68. The van der Waals surface area contributed by atoms with E-state index in [4.69, 9.17) is 4.98 Å². The number of benzene rings is 3. The van der Waals surface area contributed by atoms with Crippen LogP contribution < -0.4 is 0 Å². The van der Waals surface area contributed by atoms with Crippen molar-refractivity contribution in [2.75, 3.05) is 0 Å². The average Bonchev–Trinajstić information content (AvgIpc) is 2.77. The van der Waals surface area contributed by atoms with Crippen LogP contribution in [0.2, 0.25) is 0 Å². The van der Waals surface area contributed by atoms with Gasteiger partial charge in [-0.15, -0.1) is 0 Å². The van der Waals surface area contributed by atoms with E-state index in [1.807, 2.05) is 0 Å². The van der Waals surface area contributed by atoms with Gasteiger partial charge in [0.05, 0.1) is 5.69 Å². The van der Waals surface area contributed by atoms with Gasteiger partial charge in [-0.25, -0.2) is 0 Å². The minimum absolute atomic E-state index is 0.905. The van der Waals surface area contributed by atoms with Gasteiger partial charge in [-0.05, 0) is 60.9 Å². The first-order valence-electron chi connectivity index (χ1n) is 10.3. The molecule has 0 bridgehead atoms. The van der Waals surface area contributed by atoms with Crippen LogP contribution in [0, 0.1) is 13.8 Å². The summed E-state index contributed by atoms with van der Waals surface area (Å²) in [7, 11) is 0. The van der Waals surface area contributed by atoms with E-state index in [2.05, 4.69) is 105 Å². The van der Waals surface area contributed by atoms with Crippen LogP contribution in [0.1, 0.15) is 33.5 Å². The zero-order valence-electron chi connectivity index (χ0n) is 17.2. The lowest BCUT2D eigenvalue weighted by atomic mass is 9.90. The van der Waals surface area contributed by atoms with Crippen molar-refractivity contribution >= 4 is 0 Å². The molecule has 4 aromatic rings. The molecule has 0 saturated heterocycles. The summed E-state index contributed by atoms with van der Waals surface area (Å²) < 4.78 is 0. The van der Waals surface area contributed by atoms with Crippen molar-refractivity contribution in [3.63, 3.8) is 0 Å². The Morgan fingerprint density at radius 2 is 1.14 bits per heavy atom. The van der Waals surface area contributed by atoms with Crippen molar-refractivity contribution in [3.05, 3.63) is 125 Å². The van der Waals surface area contributed by atoms with Gasteiger partial charge in [0.25, 0.3) is 0 Å². The molecule has 0 aliphatic carbocycles. The molecule has 1 nitrogen and oxygen atoms in total. The largest absolute Gasteiger partial charge is 0.253 e. The summed E-state index contributed by atoms with van der Waals surface area (Å²) in [6.45, 7) is 4.44. The van der Waals surface area contributed by atoms with Gasteiger partial charge in [-0.1, -0.05) is 91.0 Å². The number of aryl methyl sites for hydroxylation is 2. The van der Waals surface area contributed by atoms with Gasteiger partial charge in [0, 0.05) is 11.3 Å². The van der Waals surface area contributed by atoms with Crippen molar-refractivity contribution < 1.29 is 0 Å². The topological polar surface area (TPSA) is 12.9 Å². The van der Waals surface area contributed by atoms with Gasteiger partial charge >= 0.3 is 0 Å². The molecule has 0 aliphatic rings. The van der Waals surface area contributed by atoms with Crippen LogP contribution in [-0.4, -0.2) is 4.98 Å². The number of rotatable bonds is 6. The first-order chi connectivity index (χ1) is 14.2. The molecule has 0 unspecified atom stereocenters. The van der Waals surface area contributed by atoms with Gasteiger partial charge in [0.2, 0.25) is 0 Å². The van der Waals surface area contributed by atoms with Crippen LogP contribution in [0.4, 0.5) is 0 Å². The second-order valence-electron chi connectivity index (χ2n) is 7.64. The average molecular weight is 378 g/mol. The predicted molar refractivity (Wildman–Crippen MR) is 122 cm³/mol. The molecule has 0 saturated carbocycles. The van der Waals surface area contributed by atoms with E-state index in [9.17, 15) is 0 Å². The van der Waals surface area contributed by atoms with Crippen molar-refractivity contribution in [2.45, 2.75) is 33.1 Å². The maximum atomic E-state index is 5.11. The third kappa shape index (κ3) is 4.46. The van der Waals surface area contributed by atoms with Crippen LogP contribution in [0.3, 0.4) is 0 Å². The smallest absolute Gasteiger partial charge is 0.0743 e. The Morgan fingerprint density at radius 3 is 1.76 bits per heavy atom. The fourth-order valence-corrected chi connectivity index (χ4v) is 4.07. The van der Waals surface area contributed by atoms with E-state index >= 15 is 0 Å². The molecule has 3 aromatic carbocycles. The Kier molecular flexibility index (Phi) is 5.86. The summed E-state index contributed by atoms with van der Waals surface area (Å²) in [5.74, 6) is 0. The van der Waals surface area contributed by atoms with E-state index in [0.29, 0.717) is 0 Å². The van der Waals surface area contributed by atoms with Gasteiger partial charge in [0.15, 0.2) is 0 Å². The zero-order chi connectivity index (χ0) is 20.1. The summed E-state index contributed by atoms with van der Waals surface area (Å²) in [6, 6.07) is 32.0. The summed E-state index contributed by atoms with van der Waals surface area (Å²) in [5, 5.41) is 0. The van der Waals surface area contributed by atoms with Crippen molar-refractivity contribution in [3.8, 4) is 11.3 Å². The van der Waals surface area contributed by atoms with Crippen molar-refractivity contribution in [1.82, 2.24) is 4.98 Å². The van der Waals surface area contributed by atoms with Crippen LogP contribution in [-0.2, 0) is 19.3 Å². The highest BCUT2D eigenvalue weighted by Crippen LogP contribution is 2.30. The minimum atomic E-state index is 0.905. The Balaban J connectivity index is 1.76. The van der Waals surface area contributed by atoms with Crippen LogP contribution in [0.5, 0.6) is 0 Å². The predicted octanol–water partition coefficient (Wildman–Crippen LogP) is 6.74. The number of nitrogens with zero attached hydrogens (tertiary/aromatic N) is 1. The lowest BCUT2D eigenvalue weighted by Crippen LogP contribution is -2.07. The maximum absolute atomic E-state index is 5.11. The van der Waals surface area contributed by atoms with Crippen molar-refractivity contribution in [1.29, 1.82) is 0 Å². The fraction of sp³-hybridized carbons (Fsp3) is 0.179. The highest BCUT2D eigenvalue weighted by molar-refractivity contribution is 5.66. The molecule has 144 valence electrons. The van der Waals surface area contributed by atoms with E-state index < -0.39 is 0 Å². The van der Waals surface area contributed by atoms with E-state index in [-0.39, 0.29) is 0 Å². The van der Waals surface area contributed by atoms with Crippen molar-refractivity contribution in [2.24, 2.45) is 0 Å². The fourth-order valence-electron chi connectivity index (χ4n) is 4.07. The molecule has 0 amide bonds. The normalized spacial score (nSPS) is 10.8. The van der Waals surface area contributed by atoms with E-state index in [0.717, 1.165) is 30.7 Å². The van der Waals surface area contributed by atoms with Gasteiger partial charge < -0.3 is 0 Å². The molecule has 1 heteroatoms. The first-order valence-corrected chi connectivity index (χ1v) is 10.3. The second kappa shape index (κ2) is 8.87. The van der Waals surface area contributed by atoms with Gasteiger partial charge in [0.1, 0.15) is 0 Å². The summed E-state index contributed by atoms with van der Waals surface area (Å²) in [4.78, 5) is 5.11. The second-order valence-corrected chi connectivity index (χ2v) is 7.64. The molecule has 0 N–H and O–H groups in total.